The number of nitrogens with zero attached hydrogens (tertiary/aromatic N) is 1. The van der Waals surface area contributed by atoms with Crippen LogP contribution in [0.25, 0.3) is 0 Å². The zero-order valence-electron chi connectivity index (χ0n) is 12.7. The highest BCUT2D eigenvalue weighted by molar-refractivity contribution is 5.75. The summed E-state index contributed by atoms with van der Waals surface area (Å²) in [5.74, 6) is -0.818. The lowest BCUT2D eigenvalue weighted by Gasteiger charge is -2.43. The number of benzene rings is 1. The van der Waals surface area contributed by atoms with Gasteiger partial charge < -0.3 is 4.74 Å². The molecular formula is C17H21F2NO2. The molecule has 2 saturated heterocycles. The number of carbonyl (C=O) groups is 1. The molecule has 2 heterocycles. The van der Waals surface area contributed by atoms with Crippen molar-refractivity contribution in [3.05, 3.63) is 35.6 Å². The average Bonchev–Trinajstić information content (AvgIpc) is 2.80. The number of methoxy groups -OCH3 is 1. The number of alkyl halides is 1. The van der Waals surface area contributed by atoms with Crippen molar-refractivity contribution in [2.45, 2.75) is 37.3 Å². The third-order valence-electron chi connectivity index (χ3n) is 5.18. The molecule has 1 aromatic rings. The average molecular weight is 308 g/mol. The van der Waals surface area contributed by atoms with Crippen molar-refractivity contribution < 1.29 is 18.3 Å². The summed E-state index contributed by atoms with van der Waals surface area (Å²) in [6, 6.07) is 6.69. The summed E-state index contributed by atoms with van der Waals surface area (Å²) in [4.78, 5) is 14.5. The molecule has 5 heteroatoms. The second kappa shape index (κ2) is 6.32. The van der Waals surface area contributed by atoms with Gasteiger partial charge >= 0.3 is 5.97 Å². The molecule has 0 radical (unpaired) electrons. The molecule has 0 spiro atoms. The van der Waals surface area contributed by atoms with Gasteiger partial charge in [-0.2, -0.15) is 0 Å². The van der Waals surface area contributed by atoms with Crippen LogP contribution in [-0.2, 0) is 9.53 Å². The summed E-state index contributed by atoms with van der Waals surface area (Å²) >= 11 is 0. The summed E-state index contributed by atoms with van der Waals surface area (Å²) in [6.07, 6.45) is 2.67. The van der Waals surface area contributed by atoms with Crippen LogP contribution in [0.15, 0.2) is 24.3 Å². The van der Waals surface area contributed by atoms with Gasteiger partial charge in [0, 0.05) is 24.5 Å². The Morgan fingerprint density at radius 3 is 2.68 bits per heavy atom. The fourth-order valence-corrected chi connectivity index (χ4v) is 4.27. The Bertz CT molecular complexity index is 534. The Labute approximate surface area is 129 Å². The van der Waals surface area contributed by atoms with E-state index in [2.05, 4.69) is 4.90 Å². The van der Waals surface area contributed by atoms with Crippen LogP contribution in [0.1, 0.15) is 30.7 Å². The number of piperidine rings is 1. The number of hydrogen-bond acceptors (Lipinski definition) is 3. The molecule has 3 rings (SSSR count). The first kappa shape index (κ1) is 15.4. The Morgan fingerprint density at radius 2 is 2.05 bits per heavy atom. The zero-order valence-corrected chi connectivity index (χ0v) is 12.7. The van der Waals surface area contributed by atoms with E-state index in [-0.39, 0.29) is 29.7 Å². The van der Waals surface area contributed by atoms with Crippen LogP contribution >= 0.6 is 0 Å². The Hall–Kier alpha value is -1.49. The molecule has 0 aromatic heterocycles. The van der Waals surface area contributed by atoms with Gasteiger partial charge in [0.2, 0.25) is 0 Å². The Balaban J connectivity index is 1.92. The lowest BCUT2D eigenvalue weighted by atomic mass is 9.76. The van der Waals surface area contributed by atoms with E-state index in [0.717, 1.165) is 24.8 Å². The molecule has 3 nitrogen and oxygen atoms in total. The molecule has 0 amide bonds. The number of halogens is 2. The van der Waals surface area contributed by atoms with E-state index in [9.17, 15) is 13.6 Å². The van der Waals surface area contributed by atoms with Gasteiger partial charge in [0.1, 0.15) is 12.5 Å². The van der Waals surface area contributed by atoms with E-state index in [4.69, 9.17) is 4.74 Å². The second-order valence-corrected chi connectivity index (χ2v) is 6.17. The molecule has 0 aliphatic carbocycles. The maximum atomic E-state index is 13.2. The highest BCUT2D eigenvalue weighted by atomic mass is 19.1. The fourth-order valence-electron chi connectivity index (χ4n) is 4.27. The second-order valence-electron chi connectivity index (χ2n) is 6.17. The smallest absolute Gasteiger partial charge is 0.310 e. The summed E-state index contributed by atoms with van der Waals surface area (Å²) in [5, 5.41) is 0. The quantitative estimate of drug-likeness (QED) is 0.801. The number of hydrogen-bond donors (Lipinski definition) is 0. The molecule has 4 atom stereocenters. The largest absolute Gasteiger partial charge is 0.469 e. The van der Waals surface area contributed by atoms with Crippen LogP contribution in [0.2, 0.25) is 0 Å². The highest BCUT2D eigenvalue weighted by Gasteiger charge is 2.50. The maximum absolute atomic E-state index is 13.2. The van der Waals surface area contributed by atoms with Gasteiger partial charge in [0.05, 0.1) is 13.0 Å². The van der Waals surface area contributed by atoms with E-state index in [1.807, 2.05) is 0 Å². The number of esters is 1. The van der Waals surface area contributed by atoms with Crippen molar-refractivity contribution in [3.8, 4) is 0 Å². The van der Waals surface area contributed by atoms with Crippen molar-refractivity contribution in [1.82, 2.24) is 4.90 Å². The number of rotatable bonds is 4. The maximum Gasteiger partial charge on any atom is 0.310 e. The van der Waals surface area contributed by atoms with Crippen molar-refractivity contribution in [3.63, 3.8) is 0 Å². The molecule has 0 N–H and O–H groups in total. The van der Waals surface area contributed by atoms with Crippen LogP contribution in [-0.4, -0.2) is 43.3 Å². The topological polar surface area (TPSA) is 29.5 Å². The van der Waals surface area contributed by atoms with E-state index >= 15 is 0 Å². The normalized spacial score (nSPS) is 31.2. The van der Waals surface area contributed by atoms with Crippen LogP contribution in [0.4, 0.5) is 8.78 Å². The van der Waals surface area contributed by atoms with Crippen LogP contribution in [0.5, 0.6) is 0 Å². The van der Waals surface area contributed by atoms with E-state index < -0.39 is 6.67 Å². The Kier molecular flexibility index (Phi) is 4.43. The highest BCUT2D eigenvalue weighted by Crippen LogP contribution is 2.47. The molecule has 1 aromatic carbocycles. The van der Waals surface area contributed by atoms with E-state index in [0.29, 0.717) is 12.6 Å². The van der Waals surface area contributed by atoms with Gasteiger partial charge in [-0.1, -0.05) is 12.1 Å². The minimum atomic E-state index is -0.401. The van der Waals surface area contributed by atoms with E-state index in [1.165, 1.54) is 19.2 Å². The van der Waals surface area contributed by atoms with Crippen molar-refractivity contribution in [2.24, 2.45) is 5.92 Å². The van der Waals surface area contributed by atoms with Crippen LogP contribution in [0, 0.1) is 11.7 Å². The third-order valence-corrected chi connectivity index (χ3v) is 5.18. The molecule has 120 valence electrons. The molecule has 2 aliphatic rings. The van der Waals surface area contributed by atoms with Crippen LogP contribution < -0.4 is 0 Å². The molecular weight excluding hydrogens is 287 g/mol. The summed E-state index contributed by atoms with van der Waals surface area (Å²) in [7, 11) is 1.39. The molecule has 2 aliphatic heterocycles. The van der Waals surface area contributed by atoms with Crippen molar-refractivity contribution in [1.29, 1.82) is 0 Å². The predicted octanol–water partition coefficient (Wildman–Crippen LogP) is 2.90. The van der Waals surface area contributed by atoms with Gasteiger partial charge in [-0.3, -0.25) is 9.69 Å². The van der Waals surface area contributed by atoms with Gasteiger partial charge in [-0.25, -0.2) is 8.78 Å². The van der Waals surface area contributed by atoms with Crippen molar-refractivity contribution in [2.75, 3.05) is 20.3 Å². The first-order valence-corrected chi connectivity index (χ1v) is 7.80. The SMILES string of the molecule is COC(=O)[C@H]1[C@@H](c2ccc(F)cc2)C[C@@H]2CC[C@H]1N2CC[18F]. The zero-order chi connectivity index (χ0) is 15.7. The summed E-state index contributed by atoms with van der Waals surface area (Å²) in [6.45, 7) is -0.0267. The van der Waals surface area contributed by atoms with Gasteiger partial charge in [0.15, 0.2) is 0 Å². The fraction of sp³-hybridized carbons (Fsp3) is 0.588. The number of carbonyl (C=O) groups excluding carboxylic acids is 1. The molecule has 0 unspecified atom stereocenters. The molecule has 2 fully saturated rings. The number of fused-ring (bicyclic) bond motifs is 2. The minimum absolute atomic E-state index is 0.0152. The summed E-state index contributed by atoms with van der Waals surface area (Å²) < 4.78 is 31.0. The standard InChI is InChI=1S/C17H21F2NO2/c1-22-17(21)16-14(11-2-4-12(19)5-3-11)10-13-6-7-15(16)20(13)9-8-18/h2-5,13-16H,6-10H2,1H3/t13-,14+,15+,16-/m0/s1/i18-1. The lowest BCUT2D eigenvalue weighted by molar-refractivity contribution is -0.150. The van der Waals surface area contributed by atoms with Gasteiger partial charge in [0.25, 0.3) is 0 Å². The van der Waals surface area contributed by atoms with Gasteiger partial charge in [-0.05, 0) is 37.0 Å². The first-order chi connectivity index (χ1) is 10.7. The molecule has 2 bridgehead atoms. The predicted molar refractivity (Wildman–Crippen MR) is 78.8 cm³/mol. The molecule has 22 heavy (non-hydrogen) atoms. The first-order valence-electron chi connectivity index (χ1n) is 7.80. The van der Waals surface area contributed by atoms with E-state index in [1.54, 1.807) is 12.1 Å². The lowest BCUT2D eigenvalue weighted by Crippen LogP contribution is -2.51. The Morgan fingerprint density at radius 1 is 1.32 bits per heavy atom. The third kappa shape index (κ3) is 2.62. The summed E-state index contributed by atoms with van der Waals surface area (Å²) in [5.41, 5.74) is 0.966. The number of ether oxygens (including phenoxy) is 1. The van der Waals surface area contributed by atoms with Crippen molar-refractivity contribution >= 4 is 5.97 Å². The minimum Gasteiger partial charge on any atom is -0.469 e. The van der Waals surface area contributed by atoms with Gasteiger partial charge in [-0.15, -0.1) is 0 Å². The molecule has 0 saturated carbocycles. The van der Waals surface area contributed by atoms with Crippen LogP contribution in [0.3, 0.4) is 0 Å². The monoisotopic (exact) mass is 308 g/mol.